The molecule has 1 aliphatic carbocycles. The fraction of sp³-hybridized carbons (Fsp3) is 0.471. The Hall–Kier alpha value is -2.37. The van der Waals surface area contributed by atoms with Crippen LogP contribution in [0.4, 0.5) is 17.8 Å². The summed E-state index contributed by atoms with van der Waals surface area (Å²) in [5.41, 5.74) is 8.71. The molecule has 3 N–H and O–H groups in total. The summed E-state index contributed by atoms with van der Waals surface area (Å²) < 4.78 is 0. The molecule has 120 valence electrons. The number of nitrogens with zero attached hydrogens (tertiary/aromatic N) is 4. The van der Waals surface area contributed by atoms with Crippen molar-refractivity contribution in [2.45, 2.75) is 38.1 Å². The molecule has 1 aromatic carbocycles. The standard InChI is InChI=1S/C17H22N6/c18-15-20-16(22-17(21-15)23-8-4-1-5-9-23)19-14-10-12-6-2-3-7-13(12)11-14/h2-3,6-7,14H,1,4-5,8-11H2,(H3,18,19,20,21,22). The van der Waals surface area contributed by atoms with Crippen LogP contribution in [0.5, 0.6) is 0 Å². The van der Waals surface area contributed by atoms with Crippen molar-refractivity contribution in [3.8, 4) is 0 Å². The van der Waals surface area contributed by atoms with Crippen LogP contribution < -0.4 is 16.0 Å². The van der Waals surface area contributed by atoms with Gasteiger partial charge in [-0.05, 0) is 43.2 Å². The van der Waals surface area contributed by atoms with Gasteiger partial charge >= 0.3 is 0 Å². The quantitative estimate of drug-likeness (QED) is 0.903. The molecule has 23 heavy (non-hydrogen) atoms. The SMILES string of the molecule is Nc1nc(NC2Cc3ccccc3C2)nc(N2CCCCC2)n1. The third kappa shape index (κ3) is 3.06. The van der Waals surface area contributed by atoms with Gasteiger partial charge in [0.25, 0.3) is 0 Å². The van der Waals surface area contributed by atoms with Crippen LogP contribution in [-0.2, 0) is 12.8 Å². The number of hydrogen-bond donors (Lipinski definition) is 2. The van der Waals surface area contributed by atoms with Crippen molar-refractivity contribution in [1.29, 1.82) is 0 Å². The first-order chi connectivity index (χ1) is 11.3. The van der Waals surface area contributed by atoms with E-state index in [1.165, 1.54) is 30.4 Å². The molecule has 1 fully saturated rings. The highest BCUT2D eigenvalue weighted by Crippen LogP contribution is 2.24. The third-order valence-corrected chi connectivity index (χ3v) is 4.66. The van der Waals surface area contributed by atoms with E-state index < -0.39 is 0 Å². The summed E-state index contributed by atoms with van der Waals surface area (Å²) in [6.45, 7) is 2.00. The maximum absolute atomic E-state index is 5.90. The van der Waals surface area contributed by atoms with Crippen molar-refractivity contribution in [1.82, 2.24) is 15.0 Å². The molecule has 0 bridgehead atoms. The van der Waals surface area contributed by atoms with Crippen molar-refractivity contribution in [3.05, 3.63) is 35.4 Å². The van der Waals surface area contributed by atoms with Gasteiger partial charge in [-0.1, -0.05) is 24.3 Å². The van der Waals surface area contributed by atoms with Crippen LogP contribution in [0.2, 0.25) is 0 Å². The van der Waals surface area contributed by atoms with Crippen LogP contribution in [0.1, 0.15) is 30.4 Å². The van der Waals surface area contributed by atoms with Crippen molar-refractivity contribution in [3.63, 3.8) is 0 Å². The number of anilines is 3. The summed E-state index contributed by atoms with van der Waals surface area (Å²) in [6, 6.07) is 8.90. The molecule has 0 spiro atoms. The van der Waals surface area contributed by atoms with Gasteiger partial charge in [-0.2, -0.15) is 15.0 Å². The van der Waals surface area contributed by atoms with E-state index in [0.29, 0.717) is 23.9 Å². The Morgan fingerprint density at radius 1 is 0.957 bits per heavy atom. The lowest BCUT2D eigenvalue weighted by atomic mass is 10.1. The molecule has 1 aromatic heterocycles. The summed E-state index contributed by atoms with van der Waals surface area (Å²) in [5, 5.41) is 3.44. The average molecular weight is 310 g/mol. The normalized spacial score (nSPS) is 18.0. The maximum Gasteiger partial charge on any atom is 0.231 e. The van der Waals surface area contributed by atoms with E-state index in [9.17, 15) is 0 Å². The lowest BCUT2D eigenvalue weighted by Crippen LogP contribution is -2.32. The Kier molecular flexibility index (Phi) is 3.73. The van der Waals surface area contributed by atoms with Crippen molar-refractivity contribution >= 4 is 17.8 Å². The summed E-state index contributed by atoms with van der Waals surface area (Å²) in [4.78, 5) is 15.4. The lowest BCUT2D eigenvalue weighted by molar-refractivity contribution is 0.567. The molecular formula is C17H22N6. The minimum atomic E-state index is 0.290. The van der Waals surface area contributed by atoms with Crippen LogP contribution in [-0.4, -0.2) is 34.1 Å². The minimum Gasteiger partial charge on any atom is -0.368 e. The third-order valence-electron chi connectivity index (χ3n) is 4.66. The fourth-order valence-electron chi connectivity index (χ4n) is 3.52. The highest BCUT2D eigenvalue weighted by Gasteiger charge is 2.22. The largest absolute Gasteiger partial charge is 0.368 e. The van der Waals surface area contributed by atoms with E-state index in [1.807, 2.05) is 0 Å². The average Bonchev–Trinajstić information content (AvgIpc) is 2.97. The topological polar surface area (TPSA) is 80.0 Å². The summed E-state index contributed by atoms with van der Waals surface area (Å²) in [7, 11) is 0. The van der Waals surface area contributed by atoms with E-state index in [4.69, 9.17) is 5.73 Å². The summed E-state index contributed by atoms with van der Waals surface area (Å²) in [5.74, 6) is 1.59. The monoisotopic (exact) mass is 310 g/mol. The molecule has 2 heterocycles. The molecule has 0 unspecified atom stereocenters. The van der Waals surface area contributed by atoms with Gasteiger partial charge in [0.15, 0.2) is 0 Å². The number of benzene rings is 1. The predicted octanol–water partition coefficient (Wildman–Crippen LogP) is 2.02. The van der Waals surface area contributed by atoms with Gasteiger partial charge in [0.2, 0.25) is 17.8 Å². The fourth-order valence-corrected chi connectivity index (χ4v) is 3.52. The highest BCUT2D eigenvalue weighted by atomic mass is 15.3. The van der Waals surface area contributed by atoms with Gasteiger partial charge in [-0.3, -0.25) is 0 Å². The van der Waals surface area contributed by atoms with Crippen LogP contribution in [0.15, 0.2) is 24.3 Å². The van der Waals surface area contributed by atoms with Gasteiger partial charge in [-0.25, -0.2) is 0 Å². The number of rotatable bonds is 3. The molecule has 0 radical (unpaired) electrons. The number of nitrogen functional groups attached to an aromatic ring is 1. The molecular weight excluding hydrogens is 288 g/mol. The number of fused-ring (bicyclic) bond motifs is 1. The second-order valence-electron chi connectivity index (χ2n) is 6.38. The summed E-state index contributed by atoms with van der Waals surface area (Å²) in [6.07, 6.45) is 5.66. The van der Waals surface area contributed by atoms with Gasteiger partial charge in [-0.15, -0.1) is 0 Å². The Morgan fingerprint density at radius 2 is 1.65 bits per heavy atom. The first-order valence-corrected chi connectivity index (χ1v) is 8.38. The van der Waals surface area contributed by atoms with Crippen LogP contribution in [0.3, 0.4) is 0 Å². The molecule has 2 aromatic rings. The maximum atomic E-state index is 5.90. The van der Waals surface area contributed by atoms with E-state index in [2.05, 4.69) is 49.4 Å². The second kappa shape index (κ2) is 6.02. The molecule has 1 aliphatic heterocycles. The molecule has 6 heteroatoms. The smallest absolute Gasteiger partial charge is 0.231 e. The van der Waals surface area contributed by atoms with Crippen molar-refractivity contribution < 1.29 is 0 Å². The van der Waals surface area contributed by atoms with Gasteiger partial charge < -0.3 is 16.0 Å². The van der Waals surface area contributed by atoms with E-state index in [1.54, 1.807) is 0 Å². The molecule has 2 aliphatic rings. The highest BCUT2D eigenvalue weighted by molar-refractivity contribution is 5.44. The molecule has 6 nitrogen and oxygen atoms in total. The zero-order valence-electron chi connectivity index (χ0n) is 13.2. The molecule has 0 atom stereocenters. The number of hydrogen-bond acceptors (Lipinski definition) is 6. The van der Waals surface area contributed by atoms with E-state index >= 15 is 0 Å². The first-order valence-electron chi connectivity index (χ1n) is 8.38. The predicted molar refractivity (Wildman–Crippen MR) is 91.6 cm³/mol. The van der Waals surface area contributed by atoms with Gasteiger partial charge in [0.05, 0.1) is 0 Å². The molecule has 4 rings (SSSR count). The first kappa shape index (κ1) is 14.2. The molecule has 0 saturated carbocycles. The lowest BCUT2D eigenvalue weighted by Gasteiger charge is -2.27. The number of aromatic nitrogens is 3. The Labute approximate surface area is 136 Å². The minimum absolute atomic E-state index is 0.290. The zero-order chi connectivity index (χ0) is 15.6. The Morgan fingerprint density at radius 3 is 2.35 bits per heavy atom. The van der Waals surface area contributed by atoms with Crippen LogP contribution in [0, 0.1) is 0 Å². The van der Waals surface area contributed by atoms with Gasteiger partial charge in [0, 0.05) is 19.1 Å². The summed E-state index contributed by atoms with van der Waals surface area (Å²) >= 11 is 0. The Bertz CT molecular complexity index is 670. The van der Waals surface area contributed by atoms with Crippen LogP contribution >= 0.6 is 0 Å². The van der Waals surface area contributed by atoms with Crippen molar-refractivity contribution in [2.75, 3.05) is 29.0 Å². The van der Waals surface area contributed by atoms with Crippen LogP contribution in [0.25, 0.3) is 0 Å². The van der Waals surface area contributed by atoms with E-state index in [-0.39, 0.29) is 0 Å². The second-order valence-corrected chi connectivity index (χ2v) is 6.38. The number of piperidine rings is 1. The number of nitrogens with two attached hydrogens (primary N) is 1. The Balaban J connectivity index is 1.50. The number of nitrogens with one attached hydrogen (secondary N) is 1. The molecule has 0 amide bonds. The zero-order valence-corrected chi connectivity index (χ0v) is 13.2. The van der Waals surface area contributed by atoms with Crippen molar-refractivity contribution in [2.24, 2.45) is 0 Å². The molecule has 1 saturated heterocycles. The van der Waals surface area contributed by atoms with Gasteiger partial charge in [0.1, 0.15) is 0 Å². The van der Waals surface area contributed by atoms with E-state index in [0.717, 1.165) is 25.9 Å².